The Labute approximate surface area is 138 Å². The van der Waals surface area contributed by atoms with Crippen molar-refractivity contribution in [2.75, 3.05) is 12.8 Å². The van der Waals surface area contributed by atoms with Crippen LogP contribution in [0.1, 0.15) is 44.9 Å². The fourth-order valence-corrected chi connectivity index (χ4v) is 2.80. The van der Waals surface area contributed by atoms with Gasteiger partial charge in [0.05, 0.1) is 18.4 Å². The summed E-state index contributed by atoms with van der Waals surface area (Å²) in [4.78, 5) is 11.8. The van der Waals surface area contributed by atoms with E-state index < -0.39 is 28.1 Å². The predicted octanol–water partition coefficient (Wildman–Crippen LogP) is 1.07. The molecule has 0 spiro atoms. The van der Waals surface area contributed by atoms with Crippen LogP contribution in [0.3, 0.4) is 0 Å². The highest BCUT2D eigenvalue weighted by Crippen LogP contribution is 2.23. The van der Waals surface area contributed by atoms with E-state index in [1.54, 1.807) is 0 Å². The van der Waals surface area contributed by atoms with Crippen molar-refractivity contribution >= 4 is 15.9 Å². The minimum atomic E-state index is -3.45. The molecule has 0 radical (unpaired) electrons. The van der Waals surface area contributed by atoms with E-state index in [0.717, 1.165) is 11.8 Å². The quantitative estimate of drug-likeness (QED) is 0.721. The maximum atomic E-state index is 11.8. The molecule has 1 amide bonds. The molecule has 130 valence electrons. The lowest BCUT2D eigenvalue weighted by atomic mass is 9.86. The summed E-state index contributed by atoms with van der Waals surface area (Å²) in [6, 6.07) is 6.67. The second kappa shape index (κ2) is 7.42. The molecule has 0 fully saturated rings. The van der Waals surface area contributed by atoms with Crippen molar-refractivity contribution < 1.29 is 18.3 Å². The van der Waals surface area contributed by atoms with Gasteiger partial charge in [-0.1, -0.05) is 45.0 Å². The molecule has 0 aliphatic rings. The van der Waals surface area contributed by atoms with Gasteiger partial charge in [-0.15, -0.1) is 0 Å². The van der Waals surface area contributed by atoms with Gasteiger partial charge in [0.1, 0.15) is 0 Å². The number of hydrogen-bond donors (Lipinski definition) is 3. The average Bonchev–Trinajstić information content (AvgIpc) is 2.41. The minimum Gasteiger partial charge on any atom is -0.387 e. The number of aliphatic hydroxyl groups excluding tert-OH is 1. The van der Waals surface area contributed by atoms with E-state index in [1.807, 2.05) is 24.3 Å². The van der Waals surface area contributed by atoms with Gasteiger partial charge in [-0.25, -0.2) is 13.1 Å². The number of benzene rings is 1. The van der Waals surface area contributed by atoms with Crippen LogP contribution in [0.5, 0.6) is 0 Å². The molecule has 0 aliphatic heterocycles. The molecule has 1 rings (SSSR count). The lowest BCUT2D eigenvalue weighted by Gasteiger charge is -2.20. The van der Waals surface area contributed by atoms with Crippen molar-refractivity contribution in [2.45, 2.75) is 45.3 Å². The van der Waals surface area contributed by atoms with Gasteiger partial charge in [0, 0.05) is 6.54 Å². The lowest BCUT2D eigenvalue weighted by Crippen LogP contribution is -2.45. The highest BCUT2D eigenvalue weighted by atomic mass is 32.2. The van der Waals surface area contributed by atoms with Crippen LogP contribution in [-0.4, -0.2) is 38.3 Å². The largest absolute Gasteiger partial charge is 0.387 e. The first-order chi connectivity index (χ1) is 10.4. The van der Waals surface area contributed by atoms with Crippen LogP contribution >= 0.6 is 0 Å². The van der Waals surface area contributed by atoms with Gasteiger partial charge in [0.15, 0.2) is 0 Å². The van der Waals surface area contributed by atoms with Crippen LogP contribution in [0.4, 0.5) is 0 Å². The van der Waals surface area contributed by atoms with Gasteiger partial charge < -0.3 is 10.4 Å². The third-order valence-electron chi connectivity index (χ3n) is 3.42. The Bertz CT molecular complexity index is 633. The minimum absolute atomic E-state index is 0.0173. The molecule has 3 N–H and O–H groups in total. The van der Waals surface area contributed by atoms with Crippen LogP contribution in [0, 0.1) is 0 Å². The van der Waals surface area contributed by atoms with Crippen molar-refractivity contribution in [3.05, 3.63) is 35.4 Å². The van der Waals surface area contributed by atoms with Gasteiger partial charge in [-0.05, 0) is 23.5 Å². The van der Waals surface area contributed by atoms with E-state index in [-0.39, 0.29) is 12.0 Å². The van der Waals surface area contributed by atoms with Crippen molar-refractivity contribution in [2.24, 2.45) is 0 Å². The zero-order chi connectivity index (χ0) is 17.8. The normalized spacial score (nSPS) is 15.0. The van der Waals surface area contributed by atoms with E-state index >= 15 is 0 Å². The summed E-state index contributed by atoms with van der Waals surface area (Å²) in [6.45, 7) is 7.78. The number of amides is 1. The van der Waals surface area contributed by atoms with E-state index in [0.29, 0.717) is 5.56 Å². The molecule has 0 aromatic heterocycles. The predicted molar refractivity (Wildman–Crippen MR) is 90.6 cm³/mol. The first-order valence-corrected chi connectivity index (χ1v) is 9.33. The molecule has 1 aromatic carbocycles. The second-order valence-electron chi connectivity index (χ2n) is 6.74. The topological polar surface area (TPSA) is 95.5 Å². The number of sulfonamides is 1. The number of hydrogen-bond acceptors (Lipinski definition) is 4. The molecule has 0 unspecified atom stereocenters. The molecule has 6 nitrogen and oxygen atoms in total. The summed E-state index contributed by atoms with van der Waals surface area (Å²) >= 11 is 0. The maximum Gasteiger partial charge on any atom is 0.237 e. The van der Waals surface area contributed by atoms with Crippen molar-refractivity contribution in [1.82, 2.24) is 10.0 Å². The fourth-order valence-electron chi connectivity index (χ4n) is 2.05. The first-order valence-electron chi connectivity index (χ1n) is 7.43. The van der Waals surface area contributed by atoms with Gasteiger partial charge in [-0.2, -0.15) is 0 Å². The van der Waals surface area contributed by atoms with Crippen molar-refractivity contribution in [3.63, 3.8) is 0 Å². The maximum absolute atomic E-state index is 11.8. The highest BCUT2D eigenvalue weighted by Gasteiger charge is 2.18. The third-order valence-corrected chi connectivity index (χ3v) is 4.20. The number of carbonyl (C=O) groups is 1. The smallest absolute Gasteiger partial charge is 0.237 e. The van der Waals surface area contributed by atoms with Crippen LogP contribution in [0.15, 0.2) is 24.3 Å². The number of nitrogens with one attached hydrogen (secondary N) is 2. The lowest BCUT2D eigenvalue weighted by molar-refractivity contribution is -0.122. The summed E-state index contributed by atoms with van der Waals surface area (Å²) in [5, 5.41) is 12.7. The summed E-state index contributed by atoms with van der Waals surface area (Å²) < 4.78 is 24.3. The molecule has 0 saturated heterocycles. The Morgan fingerprint density at radius 1 is 1.22 bits per heavy atom. The number of aliphatic hydroxyl groups is 1. The van der Waals surface area contributed by atoms with Crippen molar-refractivity contribution in [3.8, 4) is 0 Å². The molecule has 0 aliphatic carbocycles. The van der Waals surface area contributed by atoms with Crippen molar-refractivity contribution in [1.29, 1.82) is 0 Å². The molecule has 0 bridgehead atoms. The van der Waals surface area contributed by atoms with Crippen LogP contribution in [0.2, 0.25) is 0 Å². The molecule has 7 heteroatoms. The Hall–Kier alpha value is -1.44. The van der Waals surface area contributed by atoms with Gasteiger partial charge in [0.25, 0.3) is 0 Å². The number of rotatable bonds is 6. The highest BCUT2D eigenvalue weighted by molar-refractivity contribution is 7.88. The Morgan fingerprint density at radius 2 is 1.74 bits per heavy atom. The Kier molecular flexibility index (Phi) is 6.33. The molecule has 0 heterocycles. The third kappa shape index (κ3) is 6.68. The van der Waals surface area contributed by atoms with Gasteiger partial charge in [0.2, 0.25) is 15.9 Å². The summed E-state index contributed by atoms with van der Waals surface area (Å²) in [7, 11) is -3.45. The molecule has 0 saturated carbocycles. The average molecular weight is 342 g/mol. The Balaban J connectivity index is 2.60. The van der Waals surface area contributed by atoms with Crippen LogP contribution in [-0.2, 0) is 20.2 Å². The second-order valence-corrected chi connectivity index (χ2v) is 8.52. The van der Waals surface area contributed by atoms with E-state index in [2.05, 4.69) is 30.8 Å². The van der Waals surface area contributed by atoms with E-state index in [4.69, 9.17) is 0 Å². The zero-order valence-corrected chi connectivity index (χ0v) is 15.1. The summed E-state index contributed by atoms with van der Waals surface area (Å²) in [6.07, 6.45) is 0.140. The van der Waals surface area contributed by atoms with E-state index in [9.17, 15) is 18.3 Å². The monoisotopic (exact) mass is 342 g/mol. The Morgan fingerprint density at radius 3 is 2.17 bits per heavy atom. The standard InChI is InChI=1S/C16H26N2O4S/c1-11(18-23(5,21)22)15(20)17-10-14(19)12-6-8-13(9-7-12)16(2,3)4/h6-9,11,14,18-19H,10H2,1-5H3,(H,17,20)/t11-,14+/m1/s1. The fraction of sp³-hybridized carbons (Fsp3) is 0.562. The molecular weight excluding hydrogens is 316 g/mol. The SMILES string of the molecule is C[C@@H](NS(C)(=O)=O)C(=O)NC[C@H](O)c1ccc(C(C)(C)C)cc1. The summed E-state index contributed by atoms with van der Waals surface area (Å²) in [5.74, 6) is -0.485. The van der Waals surface area contributed by atoms with Crippen LogP contribution in [0.25, 0.3) is 0 Å². The van der Waals surface area contributed by atoms with Gasteiger partial charge >= 0.3 is 0 Å². The molecule has 23 heavy (non-hydrogen) atoms. The molecule has 1 aromatic rings. The number of carbonyl (C=O) groups excluding carboxylic acids is 1. The molecular formula is C16H26N2O4S. The van der Waals surface area contributed by atoms with Gasteiger partial charge in [-0.3, -0.25) is 4.79 Å². The molecule has 2 atom stereocenters. The van der Waals surface area contributed by atoms with E-state index in [1.165, 1.54) is 6.92 Å². The van der Waals surface area contributed by atoms with Crippen LogP contribution < -0.4 is 10.0 Å². The summed E-state index contributed by atoms with van der Waals surface area (Å²) in [5.41, 5.74) is 1.88. The first kappa shape index (κ1) is 19.6. The zero-order valence-electron chi connectivity index (χ0n) is 14.3.